The number of hydrogen-bond donors (Lipinski definition) is 2. The molecule has 0 bridgehead atoms. The van der Waals surface area contributed by atoms with Crippen molar-refractivity contribution in [3.63, 3.8) is 0 Å². The third-order valence-corrected chi connectivity index (χ3v) is 4.28. The van der Waals surface area contributed by atoms with Crippen molar-refractivity contribution in [3.05, 3.63) is 29.3 Å². The number of nitrogens with one attached hydrogen (secondary N) is 2. The standard InChI is InChI=1S/C13H16F3N3O2S/c1-3-18-9(2)8-19-22(20,21)11-4-5-12(13(14,15)16)10(6-11)7-17/h4-6,9,18-19H,3,8H2,1-2H3/t9-/m1/s1. The first-order valence-corrected chi connectivity index (χ1v) is 7.94. The molecule has 0 spiro atoms. The maximum Gasteiger partial charge on any atom is 0.417 e. The van der Waals surface area contributed by atoms with E-state index in [0.29, 0.717) is 12.6 Å². The van der Waals surface area contributed by atoms with Crippen LogP contribution in [0.1, 0.15) is 25.0 Å². The summed E-state index contributed by atoms with van der Waals surface area (Å²) in [5, 5.41) is 11.8. The first-order chi connectivity index (χ1) is 10.1. The maximum absolute atomic E-state index is 12.7. The summed E-state index contributed by atoms with van der Waals surface area (Å²) in [4.78, 5) is -0.374. The second kappa shape index (κ2) is 7.09. The zero-order valence-corrected chi connectivity index (χ0v) is 12.8. The van der Waals surface area contributed by atoms with E-state index in [1.54, 1.807) is 6.92 Å². The van der Waals surface area contributed by atoms with Crippen molar-refractivity contribution in [2.45, 2.75) is 31.0 Å². The Bertz CT molecular complexity index is 666. The van der Waals surface area contributed by atoms with Crippen molar-refractivity contribution in [2.75, 3.05) is 13.1 Å². The van der Waals surface area contributed by atoms with Gasteiger partial charge in [0.2, 0.25) is 10.0 Å². The molecule has 0 radical (unpaired) electrons. The number of sulfonamides is 1. The number of nitrogens with zero attached hydrogens (tertiary/aromatic N) is 1. The van der Waals surface area contributed by atoms with Gasteiger partial charge in [-0.2, -0.15) is 18.4 Å². The van der Waals surface area contributed by atoms with Crippen LogP contribution in [0.15, 0.2) is 23.1 Å². The Hall–Kier alpha value is -1.63. The van der Waals surface area contributed by atoms with Crippen molar-refractivity contribution in [3.8, 4) is 6.07 Å². The monoisotopic (exact) mass is 335 g/mol. The van der Waals surface area contributed by atoms with Crippen LogP contribution in [0.25, 0.3) is 0 Å². The summed E-state index contributed by atoms with van der Waals surface area (Å²) >= 11 is 0. The van der Waals surface area contributed by atoms with Crippen LogP contribution in [-0.4, -0.2) is 27.5 Å². The zero-order chi connectivity index (χ0) is 17.0. The van der Waals surface area contributed by atoms with Gasteiger partial charge in [0.05, 0.1) is 22.1 Å². The summed E-state index contributed by atoms with van der Waals surface area (Å²) in [6.45, 7) is 4.36. The molecule has 0 aliphatic rings. The highest BCUT2D eigenvalue weighted by Gasteiger charge is 2.34. The SMILES string of the molecule is CCN[C@H](C)CNS(=O)(=O)c1ccc(C(F)(F)F)c(C#N)c1. The molecule has 0 aliphatic heterocycles. The number of nitriles is 1. The van der Waals surface area contributed by atoms with Crippen molar-refractivity contribution in [2.24, 2.45) is 0 Å². The van der Waals surface area contributed by atoms with Crippen molar-refractivity contribution >= 4 is 10.0 Å². The molecule has 0 saturated carbocycles. The van der Waals surface area contributed by atoms with Crippen LogP contribution in [0.3, 0.4) is 0 Å². The lowest BCUT2D eigenvalue weighted by molar-refractivity contribution is -0.137. The van der Waals surface area contributed by atoms with E-state index in [0.717, 1.165) is 12.1 Å². The summed E-state index contributed by atoms with van der Waals surface area (Å²) < 4.78 is 64.4. The Kier molecular flexibility index (Phi) is 5.93. The van der Waals surface area contributed by atoms with Crippen LogP contribution in [0.5, 0.6) is 0 Å². The molecular weight excluding hydrogens is 319 g/mol. The fourth-order valence-electron chi connectivity index (χ4n) is 1.77. The summed E-state index contributed by atoms with van der Waals surface area (Å²) in [7, 11) is -3.98. The van der Waals surface area contributed by atoms with E-state index >= 15 is 0 Å². The highest BCUT2D eigenvalue weighted by Crippen LogP contribution is 2.32. The molecule has 5 nitrogen and oxygen atoms in total. The van der Waals surface area contributed by atoms with Gasteiger partial charge in [-0.3, -0.25) is 0 Å². The smallest absolute Gasteiger partial charge is 0.313 e. The van der Waals surface area contributed by atoms with Gasteiger partial charge in [0.15, 0.2) is 0 Å². The van der Waals surface area contributed by atoms with Gasteiger partial charge in [-0.05, 0) is 31.7 Å². The second-order valence-electron chi connectivity index (χ2n) is 4.63. The number of hydrogen-bond acceptors (Lipinski definition) is 4. The van der Waals surface area contributed by atoms with Gasteiger partial charge >= 0.3 is 6.18 Å². The largest absolute Gasteiger partial charge is 0.417 e. The van der Waals surface area contributed by atoms with Gasteiger partial charge in [0.1, 0.15) is 0 Å². The predicted octanol–water partition coefficient (Wildman–Crippen LogP) is 1.85. The number of benzene rings is 1. The zero-order valence-electron chi connectivity index (χ0n) is 12.0. The third-order valence-electron chi connectivity index (χ3n) is 2.86. The lowest BCUT2D eigenvalue weighted by atomic mass is 10.1. The molecule has 0 unspecified atom stereocenters. The summed E-state index contributed by atoms with van der Waals surface area (Å²) in [6.07, 6.45) is -4.71. The number of likely N-dealkylation sites (N-methyl/N-ethyl adjacent to an activating group) is 1. The Morgan fingerprint density at radius 1 is 1.36 bits per heavy atom. The quantitative estimate of drug-likeness (QED) is 0.831. The molecule has 122 valence electrons. The van der Waals surface area contributed by atoms with Gasteiger partial charge in [0.25, 0.3) is 0 Å². The van der Waals surface area contributed by atoms with Crippen LogP contribution >= 0.6 is 0 Å². The molecule has 0 saturated heterocycles. The van der Waals surface area contributed by atoms with E-state index < -0.39 is 27.3 Å². The van der Waals surface area contributed by atoms with Crippen LogP contribution < -0.4 is 10.0 Å². The number of rotatable bonds is 6. The molecule has 0 amide bonds. The predicted molar refractivity (Wildman–Crippen MR) is 74.5 cm³/mol. The highest BCUT2D eigenvalue weighted by molar-refractivity contribution is 7.89. The number of alkyl halides is 3. The first-order valence-electron chi connectivity index (χ1n) is 6.46. The van der Waals surface area contributed by atoms with Gasteiger partial charge in [-0.25, -0.2) is 13.1 Å². The molecule has 9 heteroatoms. The molecule has 1 atom stereocenters. The fraction of sp³-hybridized carbons (Fsp3) is 0.462. The van der Waals surface area contributed by atoms with Crippen LogP contribution in [0.2, 0.25) is 0 Å². The Labute approximate surface area is 127 Å². The Balaban J connectivity index is 3.05. The fourth-order valence-corrected chi connectivity index (χ4v) is 2.93. The van der Waals surface area contributed by atoms with E-state index in [2.05, 4.69) is 10.0 Å². The second-order valence-corrected chi connectivity index (χ2v) is 6.39. The average Bonchev–Trinajstić information content (AvgIpc) is 2.44. The molecule has 22 heavy (non-hydrogen) atoms. The van der Waals surface area contributed by atoms with Crippen molar-refractivity contribution in [1.29, 1.82) is 5.26 Å². The average molecular weight is 335 g/mol. The summed E-state index contributed by atoms with van der Waals surface area (Å²) in [5.41, 5.74) is -1.88. The minimum Gasteiger partial charge on any atom is -0.313 e. The highest BCUT2D eigenvalue weighted by atomic mass is 32.2. The van der Waals surface area contributed by atoms with E-state index in [1.807, 2.05) is 6.92 Å². The van der Waals surface area contributed by atoms with Gasteiger partial charge in [-0.15, -0.1) is 0 Å². The van der Waals surface area contributed by atoms with E-state index in [1.165, 1.54) is 6.07 Å². The lowest BCUT2D eigenvalue weighted by Gasteiger charge is -2.14. The van der Waals surface area contributed by atoms with E-state index in [9.17, 15) is 21.6 Å². The minimum absolute atomic E-state index is 0.0824. The van der Waals surface area contributed by atoms with Crippen LogP contribution in [0, 0.1) is 11.3 Å². The maximum atomic E-state index is 12.7. The van der Waals surface area contributed by atoms with E-state index in [-0.39, 0.29) is 17.5 Å². The van der Waals surface area contributed by atoms with Crippen LogP contribution in [-0.2, 0) is 16.2 Å². The molecule has 0 aromatic heterocycles. The first kappa shape index (κ1) is 18.4. The topological polar surface area (TPSA) is 82.0 Å². The van der Waals surface area contributed by atoms with E-state index in [4.69, 9.17) is 5.26 Å². The van der Waals surface area contributed by atoms with Gasteiger partial charge in [0, 0.05) is 12.6 Å². The van der Waals surface area contributed by atoms with Crippen molar-refractivity contribution < 1.29 is 21.6 Å². The Morgan fingerprint density at radius 2 is 2.00 bits per heavy atom. The Morgan fingerprint density at radius 3 is 2.50 bits per heavy atom. The molecule has 2 N–H and O–H groups in total. The summed E-state index contributed by atoms with van der Waals surface area (Å²) in [6, 6.07) is 3.40. The summed E-state index contributed by atoms with van der Waals surface area (Å²) in [5.74, 6) is 0. The molecular formula is C13H16F3N3O2S. The molecule has 0 heterocycles. The van der Waals surface area contributed by atoms with Crippen LogP contribution in [0.4, 0.5) is 13.2 Å². The van der Waals surface area contributed by atoms with Gasteiger partial charge in [-0.1, -0.05) is 6.92 Å². The number of halogens is 3. The molecule has 1 rings (SSSR count). The molecule has 0 fully saturated rings. The molecule has 1 aromatic rings. The molecule has 0 aliphatic carbocycles. The van der Waals surface area contributed by atoms with Crippen molar-refractivity contribution in [1.82, 2.24) is 10.0 Å². The third kappa shape index (κ3) is 4.69. The normalized spacial score (nSPS) is 13.6. The van der Waals surface area contributed by atoms with Gasteiger partial charge < -0.3 is 5.32 Å². The minimum atomic E-state index is -4.71. The molecule has 1 aromatic carbocycles. The lowest BCUT2D eigenvalue weighted by Crippen LogP contribution is -2.38.